The van der Waals surface area contributed by atoms with E-state index in [4.69, 9.17) is 19.2 Å². The molecule has 0 saturated carbocycles. The Morgan fingerprint density at radius 3 is 2.59 bits per heavy atom. The Hall–Kier alpha value is -4.00. The second kappa shape index (κ2) is 11.2. The monoisotopic (exact) mass is 459 g/mol. The smallest absolute Gasteiger partial charge is 0.255 e. The third-order valence-corrected chi connectivity index (χ3v) is 5.56. The molecule has 0 atom stereocenters. The van der Waals surface area contributed by atoms with Crippen LogP contribution in [0.15, 0.2) is 72.8 Å². The van der Waals surface area contributed by atoms with Crippen molar-refractivity contribution in [2.24, 2.45) is 0 Å². The van der Waals surface area contributed by atoms with Gasteiger partial charge in [0.25, 0.3) is 5.91 Å². The van der Waals surface area contributed by atoms with Crippen LogP contribution in [-0.4, -0.2) is 42.8 Å². The van der Waals surface area contributed by atoms with Gasteiger partial charge in [0.05, 0.1) is 37.4 Å². The molecule has 34 heavy (non-hydrogen) atoms. The summed E-state index contributed by atoms with van der Waals surface area (Å²) in [6.07, 6.45) is 1.43. The van der Waals surface area contributed by atoms with Crippen LogP contribution in [0.3, 0.4) is 0 Å². The average Bonchev–Trinajstić information content (AvgIpc) is 3.23. The van der Waals surface area contributed by atoms with Crippen LogP contribution < -0.4 is 19.5 Å². The highest BCUT2D eigenvalue weighted by Gasteiger charge is 2.13. The second-order valence-electron chi connectivity index (χ2n) is 7.76. The molecule has 0 radical (unpaired) electrons. The van der Waals surface area contributed by atoms with Crippen LogP contribution in [0.2, 0.25) is 0 Å². The summed E-state index contributed by atoms with van der Waals surface area (Å²) in [4.78, 5) is 17.4. The first-order chi connectivity index (χ1) is 16.7. The highest BCUT2D eigenvalue weighted by atomic mass is 16.5. The van der Waals surface area contributed by atoms with E-state index in [2.05, 4.69) is 16.0 Å². The van der Waals surface area contributed by atoms with Gasteiger partial charge >= 0.3 is 0 Å². The molecule has 0 aliphatic rings. The molecule has 1 N–H and O–H groups in total. The molecule has 1 amide bonds. The molecule has 0 saturated heterocycles. The topological polar surface area (TPSA) is 74.6 Å². The number of nitrogens with one attached hydrogen (secondary N) is 1. The minimum Gasteiger partial charge on any atom is -0.497 e. The number of carbonyl (C=O) groups excluding carboxylic acids is 1. The van der Waals surface area contributed by atoms with Crippen LogP contribution in [0.1, 0.15) is 22.6 Å². The van der Waals surface area contributed by atoms with Gasteiger partial charge in [0.2, 0.25) is 0 Å². The Kier molecular flexibility index (Phi) is 7.65. The van der Waals surface area contributed by atoms with Crippen LogP contribution >= 0.6 is 0 Å². The molecule has 0 unspecified atom stereocenters. The molecule has 0 aliphatic heterocycles. The molecule has 1 aromatic heterocycles. The number of benzene rings is 3. The average molecular weight is 460 g/mol. The quantitative estimate of drug-likeness (QED) is 0.335. The first-order valence-corrected chi connectivity index (χ1v) is 11.3. The maximum atomic E-state index is 12.6. The molecule has 0 spiro atoms. The lowest BCUT2D eigenvalue weighted by Gasteiger charge is -2.12. The van der Waals surface area contributed by atoms with E-state index in [-0.39, 0.29) is 5.91 Å². The lowest BCUT2D eigenvalue weighted by molar-refractivity contribution is 0.0951. The molecule has 4 aromatic rings. The zero-order chi connectivity index (χ0) is 23.8. The van der Waals surface area contributed by atoms with Gasteiger partial charge in [0.1, 0.15) is 23.1 Å². The number of carbonyl (C=O) groups is 1. The zero-order valence-corrected chi connectivity index (χ0v) is 19.5. The van der Waals surface area contributed by atoms with E-state index in [1.165, 1.54) is 0 Å². The Bertz CT molecular complexity index is 1250. The number of rotatable bonds is 11. The molecule has 4 rings (SSSR count). The van der Waals surface area contributed by atoms with Gasteiger partial charge in [0, 0.05) is 25.6 Å². The predicted molar refractivity (Wildman–Crippen MR) is 132 cm³/mol. The van der Waals surface area contributed by atoms with Crippen molar-refractivity contribution in [3.8, 4) is 17.2 Å². The van der Waals surface area contributed by atoms with Gasteiger partial charge in [-0.1, -0.05) is 30.3 Å². The summed E-state index contributed by atoms with van der Waals surface area (Å²) in [7, 11) is 3.20. The number of methoxy groups -OCH3 is 2. The fourth-order valence-electron chi connectivity index (χ4n) is 3.88. The standard InChI is InChI=1S/C27H29N3O4/c1-32-20-9-7-10-21(19-20)34-18-8-17-30-24-13-5-4-12-23(24)29-26(30)15-16-28-27(31)22-11-3-6-14-25(22)33-2/h3-7,9-14,19H,8,15-18H2,1-2H3,(H,28,31). The Labute approximate surface area is 199 Å². The largest absolute Gasteiger partial charge is 0.497 e. The van der Waals surface area contributed by atoms with Crippen molar-refractivity contribution in [2.45, 2.75) is 19.4 Å². The molecular weight excluding hydrogens is 430 g/mol. The number of fused-ring (bicyclic) bond motifs is 1. The van der Waals surface area contributed by atoms with Crippen molar-refractivity contribution in [1.29, 1.82) is 0 Å². The van der Waals surface area contributed by atoms with Crippen LogP contribution in [0.4, 0.5) is 0 Å². The van der Waals surface area contributed by atoms with Crippen molar-refractivity contribution in [3.63, 3.8) is 0 Å². The number of ether oxygens (including phenoxy) is 3. The molecule has 0 bridgehead atoms. The minimum atomic E-state index is -0.160. The molecule has 0 fully saturated rings. The van der Waals surface area contributed by atoms with E-state index in [1.807, 2.05) is 54.6 Å². The normalized spacial score (nSPS) is 10.8. The lowest BCUT2D eigenvalue weighted by Crippen LogP contribution is -2.27. The van der Waals surface area contributed by atoms with Gasteiger partial charge in [-0.3, -0.25) is 4.79 Å². The van der Waals surface area contributed by atoms with Crippen LogP contribution in [0, 0.1) is 0 Å². The lowest BCUT2D eigenvalue weighted by atomic mass is 10.2. The summed E-state index contributed by atoms with van der Waals surface area (Å²) in [5.74, 6) is 2.89. The minimum absolute atomic E-state index is 0.160. The summed E-state index contributed by atoms with van der Waals surface area (Å²) >= 11 is 0. The number of para-hydroxylation sites is 3. The Balaban J connectivity index is 1.38. The van der Waals surface area contributed by atoms with Crippen molar-refractivity contribution >= 4 is 16.9 Å². The summed E-state index contributed by atoms with van der Waals surface area (Å²) in [5.41, 5.74) is 2.55. The third kappa shape index (κ3) is 5.49. The van der Waals surface area contributed by atoms with Crippen molar-refractivity contribution in [3.05, 3.63) is 84.2 Å². The molecule has 7 heteroatoms. The SMILES string of the molecule is COc1cccc(OCCCn2c(CCNC(=O)c3ccccc3OC)nc3ccccc32)c1. The number of aryl methyl sites for hydroxylation is 1. The Morgan fingerprint density at radius 1 is 0.941 bits per heavy atom. The first-order valence-electron chi connectivity index (χ1n) is 11.3. The third-order valence-electron chi connectivity index (χ3n) is 5.56. The van der Waals surface area contributed by atoms with E-state index >= 15 is 0 Å². The van der Waals surface area contributed by atoms with E-state index < -0.39 is 0 Å². The van der Waals surface area contributed by atoms with Crippen LogP contribution in [0.5, 0.6) is 17.2 Å². The van der Waals surface area contributed by atoms with Gasteiger partial charge in [-0.15, -0.1) is 0 Å². The molecular formula is C27H29N3O4. The van der Waals surface area contributed by atoms with Crippen molar-refractivity contribution < 1.29 is 19.0 Å². The van der Waals surface area contributed by atoms with Crippen LogP contribution in [0.25, 0.3) is 11.0 Å². The molecule has 176 valence electrons. The maximum Gasteiger partial charge on any atom is 0.255 e. The van der Waals surface area contributed by atoms with Crippen LogP contribution in [-0.2, 0) is 13.0 Å². The van der Waals surface area contributed by atoms with Crippen molar-refractivity contribution in [2.75, 3.05) is 27.4 Å². The summed E-state index contributed by atoms with van der Waals surface area (Å²) in [5, 5.41) is 2.98. The number of hydrogen-bond donors (Lipinski definition) is 1. The Morgan fingerprint density at radius 2 is 1.74 bits per heavy atom. The zero-order valence-electron chi connectivity index (χ0n) is 19.5. The first kappa shape index (κ1) is 23.2. The molecule has 1 heterocycles. The number of hydrogen-bond acceptors (Lipinski definition) is 5. The van der Waals surface area contributed by atoms with Gasteiger partial charge in [-0.2, -0.15) is 0 Å². The van der Waals surface area contributed by atoms with E-state index in [0.717, 1.165) is 41.3 Å². The highest BCUT2D eigenvalue weighted by Crippen LogP contribution is 2.20. The predicted octanol–water partition coefficient (Wildman–Crippen LogP) is 4.50. The maximum absolute atomic E-state index is 12.6. The highest BCUT2D eigenvalue weighted by molar-refractivity contribution is 5.96. The number of imidazole rings is 1. The van der Waals surface area contributed by atoms with Crippen molar-refractivity contribution in [1.82, 2.24) is 14.9 Å². The number of amides is 1. The van der Waals surface area contributed by atoms with Gasteiger partial charge < -0.3 is 24.1 Å². The van der Waals surface area contributed by atoms with E-state index in [1.54, 1.807) is 26.4 Å². The fourth-order valence-corrected chi connectivity index (χ4v) is 3.88. The summed E-state index contributed by atoms with van der Waals surface area (Å²) in [6.45, 7) is 1.81. The molecule has 0 aliphatic carbocycles. The van der Waals surface area contributed by atoms with Gasteiger partial charge in [0.15, 0.2) is 0 Å². The summed E-state index contributed by atoms with van der Waals surface area (Å²) < 4.78 is 18.7. The summed E-state index contributed by atoms with van der Waals surface area (Å²) in [6, 6.07) is 22.9. The number of aromatic nitrogens is 2. The fraction of sp³-hybridized carbons (Fsp3) is 0.259. The second-order valence-corrected chi connectivity index (χ2v) is 7.76. The van der Waals surface area contributed by atoms with Gasteiger partial charge in [-0.05, 0) is 42.8 Å². The van der Waals surface area contributed by atoms with E-state index in [0.29, 0.717) is 30.9 Å². The van der Waals surface area contributed by atoms with E-state index in [9.17, 15) is 4.79 Å². The number of nitrogens with zero attached hydrogens (tertiary/aromatic N) is 2. The molecule has 3 aromatic carbocycles. The van der Waals surface area contributed by atoms with Gasteiger partial charge in [-0.25, -0.2) is 4.98 Å². The molecule has 7 nitrogen and oxygen atoms in total.